The van der Waals surface area contributed by atoms with Crippen molar-refractivity contribution >= 4 is 28.0 Å². The number of nitrogens with zero attached hydrogens (tertiary/aromatic N) is 5. The van der Waals surface area contributed by atoms with Crippen molar-refractivity contribution in [3.8, 4) is 0 Å². The Morgan fingerprint density at radius 2 is 1.91 bits per heavy atom. The van der Waals surface area contributed by atoms with E-state index in [4.69, 9.17) is 9.47 Å². The van der Waals surface area contributed by atoms with Crippen LogP contribution in [0.25, 0.3) is 10.8 Å². The van der Waals surface area contributed by atoms with Crippen molar-refractivity contribution in [2.75, 3.05) is 13.2 Å². The fourth-order valence-electron chi connectivity index (χ4n) is 3.43. The first kappa shape index (κ1) is 22.1. The summed E-state index contributed by atoms with van der Waals surface area (Å²) in [5.41, 5.74) is 1.35. The zero-order valence-electron chi connectivity index (χ0n) is 18.0. The zero-order valence-corrected chi connectivity index (χ0v) is 18.9. The van der Waals surface area contributed by atoms with E-state index in [1.165, 1.54) is 32.4 Å². The second-order valence-electron chi connectivity index (χ2n) is 7.03. The maximum atomic E-state index is 12.7. The highest BCUT2D eigenvalue weighted by molar-refractivity contribution is 7.07. The first-order valence-electron chi connectivity index (χ1n) is 10.5. The largest absolute Gasteiger partial charge is 0.351 e. The van der Waals surface area contributed by atoms with E-state index in [2.05, 4.69) is 39.6 Å². The molecule has 2 aromatic heterocycles. The first-order chi connectivity index (χ1) is 15.7. The number of benzene rings is 2. The Bertz CT molecular complexity index is 1250. The van der Waals surface area contributed by atoms with E-state index >= 15 is 0 Å². The molecule has 0 fully saturated rings. The van der Waals surface area contributed by atoms with E-state index < -0.39 is 12.2 Å². The highest BCUT2D eigenvalue weighted by Crippen LogP contribution is 2.19. The summed E-state index contributed by atoms with van der Waals surface area (Å²) < 4.78 is 14.6. The van der Waals surface area contributed by atoms with Gasteiger partial charge in [-0.2, -0.15) is 4.99 Å². The van der Waals surface area contributed by atoms with Crippen molar-refractivity contribution in [2.24, 2.45) is 4.99 Å². The molecule has 0 bridgehead atoms. The quantitative estimate of drug-likeness (QED) is 0.364. The number of thiazole rings is 1. The summed E-state index contributed by atoms with van der Waals surface area (Å²) in [6, 6.07) is 14.5. The Labute approximate surface area is 189 Å². The third-order valence-electron chi connectivity index (χ3n) is 4.88. The lowest BCUT2D eigenvalue weighted by molar-refractivity contribution is -0.145. The van der Waals surface area contributed by atoms with E-state index in [-0.39, 0.29) is 5.69 Å². The maximum absolute atomic E-state index is 12.7. The van der Waals surface area contributed by atoms with E-state index in [1.54, 1.807) is 6.20 Å². The molecule has 0 unspecified atom stereocenters. The van der Waals surface area contributed by atoms with Gasteiger partial charge in [-0.1, -0.05) is 47.7 Å². The van der Waals surface area contributed by atoms with Gasteiger partial charge in [-0.25, -0.2) is 4.68 Å². The molecule has 0 aliphatic carbocycles. The Kier molecular flexibility index (Phi) is 7.21. The number of fused-ring (bicyclic) bond motifs is 1. The highest BCUT2D eigenvalue weighted by atomic mass is 32.1. The van der Waals surface area contributed by atoms with Gasteiger partial charge in [-0.15, -0.1) is 16.4 Å². The van der Waals surface area contributed by atoms with Gasteiger partial charge in [0.15, 0.2) is 16.8 Å². The highest BCUT2D eigenvalue weighted by Gasteiger charge is 2.14. The molecule has 2 heterocycles. The van der Waals surface area contributed by atoms with Crippen molar-refractivity contribution in [3.05, 3.63) is 76.3 Å². The lowest BCUT2D eigenvalue weighted by Crippen LogP contribution is -2.24. The molecule has 1 amide bonds. The van der Waals surface area contributed by atoms with Gasteiger partial charge in [0.2, 0.25) is 0 Å². The number of rotatable bonds is 9. The van der Waals surface area contributed by atoms with Crippen LogP contribution < -0.4 is 4.80 Å². The van der Waals surface area contributed by atoms with Crippen LogP contribution in [-0.4, -0.2) is 45.0 Å². The van der Waals surface area contributed by atoms with E-state index in [9.17, 15) is 4.79 Å². The molecule has 9 heteroatoms. The van der Waals surface area contributed by atoms with Crippen LogP contribution in [0, 0.1) is 0 Å². The minimum absolute atomic E-state index is 0.182. The van der Waals surface area contributed by atoms with Gasteiger partial charge < -0.3 is 14.0 Å². The van der Waals surface area contributed by atoms with Gasteiger partial charge in [0.1, 0.15) is 0 Å². The van der Waals surface area contributed by atoms with Crippen molar-refractivity contribution in [1.29, 1.82) is 0 Å². The van der Waals surface area contributed by atoms with Crippen LogP contribution >= 0.6 is 11.3 Å². The summed E-state index contributed by atoms with van der Waals surface area (Å²) in [6.07, 6.45) is 3.07. The SMILES string of the molecule is CCOC(Cn1cc(C(=O)N=c2sccn2Cc2cccc3ccccc23)nn1)OCC. The average molecular weight is 452 g/mol. The molecule has 2 aromatic carbocycles. The Morgan fingerprint density at radius 1 is 1.12 bits per heavy atom. The molecule has 166 valence electrons. The first-order valence-corrected chi connectivity index (χ1v) is 11.4. The molecule has 0 spiro atoms. The minimum Gasteiger partial charge on any atom is -0.351 e. The van der Waals surface area contributed by atoms with Crippen LogP contribution in [0.1, 0.15) is 29.9 Å². The van der Waals surface area contributed by atoms with Gasteiger partial charge in [-0.05, 0) is 30.2 Å². The van der Waals surface area contributed by atoms with Crippen molar-refractivity contribution in [3.63, 3.8) is 0 Å². The Balaban J connectivity index is 1.53. The molecule has 0 aliphatic heterocycles. The number of aromatic nitrogens is 4. The third kappa shape index (κ3) is 5.18. The number of amides is 1. The Morgan fingerprint density at radius 3 is 2.72 bits per heavy atom. The van der Waals surface area contributed by atoms with E-state index in [0.717, 1.165) is 0 Å². The summed E-state index contributed by atoms with van der Waals surface area (Å²) in [4.78, 5) is 17.6. The summed E-state index contributed by atoms with van der Waals surface area (Å²) in [5.74, 6) is -0.435. The maximum Gasteiger partial charge on any atom is 0.301 e. The average Bonchev–Trinajstić information content (AvgIpc) is 3.44. The number of ether oxygens (including phenoxy) is 2. The molecular weight excluding hydrogens is 426 g/mol. The number of carbonyl (C=O) groups is 1. The number of carbonyl (C=O) groups excluding carboxylic acids is 1. The fraction of sp³-hybridized carbons (Fsp3) is 0.304. The van der Waals surface area contributed by atoms with Crippen LogP contribution in [0.3, 0.4) is 0 Å². The summed E-state index contributed by atoms with van der Waals surface area (Å²) >= 11 is 1.41. The smallest absolute Gasteiger partial charge is 0.301 e. The second-order valence-corrected chi connectivity index (χ2v) is 7.91. The normalized spacial score (nSPS) is 12.2. The van der Waals surface area contributed by atoms with Gasteiger partial charge in [0, 0.05) is 24.8 Å². The van der Waals surface area contributed by atoms with Crippen molar-refractivity contribution < 1.29 is 14.3 Å². The zero-order chi connectivity index (χ0) is 22.3. The van der Waals surface area contributed by atoms with Crippen LogP contribution in [0.5, 0.6) is 0 Å². The molecule has 32 heavy (non-hydrogen) atoms. The number of hydrogen-bond donors (Lipinski definition) is 0. The van der Waals surface area contributed by atoms with Crippen molar-refractivity contribution in [1.82, 2.24) is 19.6 Å². The second kappa shape index (κ2) is 10.4. The van der Waals surface area contributed by atoms with Gasteiger partial charge in [0.25, 0.3) is 0 Å². The summed E-state index contributed by atoms with van der Waals surface area (Å²) in [5, 5.41) is 12.3. The van der Waals surface area contributed by atoms with Crippen molar-refractivity contribution in [2.45, 2.75) is 33.2 Å². The van der Waals surface area contributed by atoms with Crippen LogP contribution in [-0.2, 0) is 22.6 Å². The van der Waals surface area contributed by atoms with E-state index in [1.807, 2.05) is 48.2 Å². The van der Waals surface area contributed by atoms with Crippen LogP contribution in [0.4, 0.5) is 0 Å². The lowest BCUT2D eigenvalue weighted by Gasteiger charge is -2.16. The molecule has 0 aliphatic rings. The molecule has 0 atom stereocenters. The van der Waals surface area contributed by atoms with Gasteiger partial charge >= 0.3 is 5.91 Å². The molecule has 0 N–H and O–H groups in total. The summed E-state index contributed by atoms with van der Waals surface area (Å²) in [7, 11) is 0. The molecule has 0 saturated carbocycles. The van der Waals surface area contributed by atoms with E-state index in [0.29, 0.717) is 31.1 Å². The molecule has 4 aromatic rings. The molecule has 0 radical (unpaired) electrons. The Hall–Kier alpha value is -3.14. The third-order valence-corrected chi connectivity index (χ3v) is 5.67. The van der Waals surface area contributed by atoms with Gasteiger partial charge in [-0.3, -0.25) is 4.79 Å². The number of hydrogen-bond acceptors (Lipinski definition) is 6. The predicted molar refractivity (Wildman–Crippen MR) is 122 cm³/mol. The van der Waals surface area contributed by atoms with Gasteiger partial charge in [0.05, 0.1) is 19.3 Å². The topological polar surface area (TPSA) is 83.5 Å². The molecule has 8 nitrogen and oxygen atoms in total. The molecular formula is C23H25N5O3S. The lowest BCUT2D eigenvalue weighted by atomic mass is 10.0. The standard InChI is InChI=1S/C23H25N5O3S/c1-3-30-21(31-4-2)16-28-15-20(25-26-28)22(29)24-23-27(12-13-32-23)14-18-10-7-9-17-8-5-6-11-19(17)18/h5-13,15,21H,3-4,14,16H2,1-2H3. The monoisotopic (exact) mass is 451 g/mol. The fourth-order valence-corrected chi connectivity index (χ4v) is 4.15. The van der Waals surface area contributed by atoms with Crippen LogP contribution in [0.15, 0.2) is 65.2 Å². The minimum atomic E-state index is -0.438. The molecule has 0 saturated heterocycles. The summed E-state index contributed by atoms with van der Waals surface area (Å²) in [6.45, 7) is 5.81. The molecule has 4 rings (SSSR count). The van der Waals surface area contributed by atoms with Crippen LogP contribution in [0.2, 0.25) is 0 Å². The predicted octanol–water partition coefficient (Wildman–Crippen LogP) is 3.48.